The molecule has 1 saturated heterocycles. The van der Waals surface area contributed by atoms with Gasteiger partial charge in [0, 0.05) is 17.6 Å². The Morgan fingerprint density at radius 2 is 2.32 bits per heavy atom. The first-order valence-corrected chi connectivity index (χ1v) is 7.92. The lowest BCUT2D eigenvalue weighted by Gasteiger charge is -2.20. The van der Waals surface area contributed by atoms with Gasteiger partial charge in [-0.05, 0) is 12.3 Å². The summed E-state index contributed by atoms with van der Waals surface area (Å²) in [6.45, 7) is 8.01. The molecule has 19 heavy (non-hydrogen) atoms. The summed E-state index contributed by atoms with van der Waals surface area (Å²) < 4.78 is 0. The van der Waals surface area contributed by atoms with Gasteiger partial charge in [0.2, 0.25) is 5.91 Å². The van der Waals surface area contributed by atoms with Crippen LogP contribution in [0.1, 0.15) is 62.0 Å². The fraction of sp³-hybridized carbons (Fsp3) is 0.714. The Kier molecular flexibility index (Phi) is 4.93. The molecule has 5 heteroatoms. The van der Waals surface area contributed by atoms with Gasteiger partial charge in [-0.1, -0.05) is 33.6 Å². The number of carbonyl (C=O) groups excluding carboxylic acids is 1. The topological polar surface area (TPSA) is 45.2 Å². The van der Waals surface area contributed by atoms with Crippen LogP contribution in [-0.4, -0.2) is 28.9 Å². The SMILES string of the molecule is CCCCCN1CC(=O)N[C@@H]1c1ncc(C(C)C)s1. The molecule has 1 aromatic rings. The van der Waals surface area contributed by atoms with Crippen molar-refractivity contribution < 1.29 is 4.79 Å². The van der Waals surface area contributed by atoms with Gasteiger partial charge < -0.3 is 5.32 Å². The second-order valence-corrected chi connectivity index (χ2v) is 6.50. The zero-order valence-electron chi connectivity index (χ0n) is 12.0. The van der Waals surface area contributed by atoms with Crippen LogP contribution in [0.2, 0.25) is 0 Å². The third kappa shape index (κ3) is 3.54. The van der Waals surface area contributed by atoms with Crippen LogP contribution in [0, 0.1) is 0 Å². The minimum Gasteiger partial charge on any atom is -0.333 e. The lowest BCUT2D eigenvalue weighted by molar-refractivity contribution is -0.118. The van der Waals surface area contributed by atoms with Crippen LogP contribution in [0.3, 0.4) is 0 Å². The summed E-state index contributed by atoms with van der Waals surface area (Å²) in [6, 6.07) is 0. The molecule has 1 N–H and O–H groups in total. The molecule has 1 atom stereocenters. The predicted molar refractivity (Wildman–Crippen MR) is 78.2 cm³/mol. The molecule has 2 rings (SSSR count). The first-order valence-electron chi connectivity index (χ1n) is 7.10. The quantitative estimate of drug-likeness (QED) is 0.816. The molecule has 1 aliphatic rings. The smallest absolute Gasteiger partial charge is 0.235 e. The molecular formula is C14H23N3OS. The van der Waals surface area contributed by atoms with Gasteiger partial charge in [0.15, 0.2) is 0 Å². The number of rotatable bonds is 6. The largest absolute Gasteiger partial charge is 0.333 e. The van der Waals surface area contributed by atoms with Crippen molar-refractivity contribution in [2.45, 2.75) is 52.1 Å². The van der Waals surface area contributed by atoms with Crippen molar-refractivity contribution in [3.63, 3.8) is 0 Å². The van der Waals surface area contributed by atoms with E-state index in [1.165, 1.54) is 17.7 Å². The molecule has 1 fully saturated rings. The number of hydrogen-bond acceptors (Lipinski definition) is 4. The van der Waals surface area contributed by atoms with Crippen LogP contribution in [0.5, 0.6) is 0 Å². The first kappa shape index (κ1) is 14.5. The second-order valence-electron chi connectivity index (χ2n) is 5.40. The minimum atomic E-state index is -0.0122. The van der Waals surface area contributed by atoms with Gasteiger partial charge in [-0.15, -0.1) is 11.3 Å². The lowest BCUT2D eigenvalue weighted by Crippen LogP contribution is -2.28. The van der Waals surface area contributed by atoms with E-state index in [4.69, 9.17) is 0 Å². The summed E-state index contributed by atoms with van der Waals surface area (Å²) >= 11 is 1.72. The summed E-state index contributed by atoms with van der Waals surface area (Å²) in [4.78, 5) is 19.6. The van der Waals surface area contributed by atoms with Crippen molar-refractivity contribution in [1.29, 1.82) is 0 Å². The number of aromatic nitrogens is 1. The predicted octanol–water partition coefficient (Wildman–Crippen LogP) is 2.89. The standard InChI is InChI=1S/C14H23N3OS/c1-4-5-6-7-17-9-12(18)16-13(17)14-15-8-11(19-14)10(2)3/h8,10,13H,4-7,9H2,1-3H3,(H,16,18)/t13-/m0/s1. The van der Waals surface area contributed by atoms with Crippen LogP contribution in [-0.2, 0) is 4.79 Å². The highest BCUT2D eigenvalue weighted by Gasteiger charge is 2.32. The Labute approximate surface area is 119 Å². The maximum absolute atomic E-state index is 11.6. The summed E-state index contributed by atoms with van der Waals surface area (Å²) in [5, 5.41) is 4.05. The molecule has 2 heterocycles. The maximum Gasteiger partial charge on any atom is 0.235 e. The van der Waals surface area contributed by atoms with E-state index in [1.54, 1.807) is 11.3 Å². The Hall–Kier alpha value is -0.940. The van der Waals surface area contributed by atoms with Gasteiger partial charge >= 0.3 is 0 Å². The molecule has 1 amide bonds. The molecule has 0 aromatic carbocycles. The van der Waals surface area contributed by atoms with Crippen LogP contribution in [0.15, 0.2) is 6.20 Å². The van der Waals surface area contributed by atoms with Gasteiger partial charge in [0.25, 0.3) is 0 Å². The first-order chi connectivity index (χ1) is 9.11. The molecule has 0 unspecified atom stereocenters. The average Bonchev–Trinajstić information content (AvgIpc) is 2.96. The van der Waals surface area contributed by atoms with Gasteiger partial charge in [-0.25, -0.2) is 4.98 Å². The summed E-state index contributed by atoms with van der Waals surface area (Å²) in [5.41, 5.74) is 0. The monoisotopic (exact) mass is 281 g/mol. The van der Waals surface area contributed by atoms with Gasteiger partial charge in [0.05, 0.1) is 6.54 Å². The van der Waals surface area contributed by atoms with Crippen LogP contribution in [0.4, 0.5) is 0 Å². The zero-order valence-corrected chi connectivity index (χ0v) is 12.8. The number of amides is 1. The van der Waals surface area contributed by atoms with Gasteiger partial charge in [0.1, 0.15) is 11.2 Å². The molecule has 0 radical (unpaired) electrons. The molecule has 0 saturated carbocycles. The van der Waals surface area contributed by atoms with Crippen molar-refractivity contribution in [3.8, 4) is 0 Å². The van der Waals surface area contributed by atoms with E-state index >= 15 is 0 Å². The Bertz CT molecular complexity index is 430. The van der Waals surface area contributed by atoms with Crippen molar-refractivity contribution in [2.24, 2.45) is 0 Å². The minimum absolute atomic E-state index is 0.0122. The highest BCUT2D eigenvalue weighted by molar-refractivity contribution is 7.11. The molecule has 0 bridgehead atoms. The number of nitrogens with one attached hydrogen (secondary N) is 1. The lowest BCUT2D eigenvalue weighted by atomic mass is 10.2. The van der Waals surface area contributed by atoms with E-state index in [1.807, 2.05) is 6.20 Å². The van der Waals surface area contributed by atoms with Crippen LogP contribution in [0.25, 0.3) is 0 Å². The van der Waals surface area contributed by atoms with Crippen molar-refractivity contribution in [3.05, 3.63) is 16.1 Å². The Morgan fingerprint density at radius 1 is 1.53 bits per heavy atom. The van der Waals surface area contributed by atoms with Gasteiger partial charge in [-0.3, -0.25) is 9.69 Å². The number of thiazole rings is 1. The summed E-state index contributed by atoms with van der Waals surface area (Å²) in [5.74, 6) is 0.611. The highest BCUT2D eigenvalue weighted by Crippen LogP contribution is 2.29. The van der Waals surface area contributed by atoms with Crippen LogP contribution < -0.4 is 5.32 Å². The zero-order chi connectivity index (χ0) is 13.8. The number of unbranched alkanes of at least 4 members (excludes halogenated alkanes) is 2. The third-order valence-corrected chi connectivity index (χ3v) is 4.75. The fourth-order valence-corrected chi connectivity index (χ4v) is 3.26. The molecule has 1 aliphatic heterocycles. The van der Waals surface area contributed by atoms with Gasteiger partial charge in [-0.2, -0.15) is 0 Å². The molecular weight excluding hydrogens is 258 g/mol. The second kappa shape index (κ2) is 6.48. The highest BCUT2D eigenvalue weighted by atomic mass is 32.1. The van der Waals surface area contributed by atoms with Crippen molar-refractivity contribution in [1.82, 2.24) is 15.2 Å². The normalized spacial score (nSPS) is 20.2. The molecule has 0 spiro atoms. The van der Waals surface area contributed by atoms with E-state index in [2.05, 4.69) is 36.0 Å². The van der Waals surface area contributed by atoms with E-state index in [-0.39, 0.29) is 12.1 Å². The van der Waals surface area contributed by atoms with E-state index in [9.17, 15) is 4.79 Å². The van der Waals surface area contributed by atoms with Crippen molar-refractivity contribution >= 4 is 17.2 Å². The molecule has 106 valence electrons. The molecule has 0 aliphatic carbocycles. The molecule has 1 aromatic heterocycles. The summed E-state index contributed by atoms with van der Waals surface area (Å²) in [6.07, 6.45) is 5.49. The van der Waals surface area contributed by atoms with Crippen molar-refractivity contribution in [2.75, 3.05) is 13.1 Å². The van der Waals surface area contributed by atoms with E-state index < -0.39 is 0 Å². The number of carbonyl (C=O) groups is 1. The number of hydrogen-bond donors (Lipinski definition) is 1. The Morgan fingerprint density at radius 3 is 2.95 bits per heavy atom. The maximum atomic E-state index is 11.6. The fourth-order valence-electron chi connectivity index (χ4n) is 2.25. The Balaban J connectivity index is 2.04. The van der Waals surface area contributed by atoms with E-state index in [0.29, 0.717) is 12.5 Å². The van der Waals surface area contributed by atoms with E-state index in [0.717, 1.165) is 18.0 Å². The average molecular weight is 281 g/mol. The number of nitrogens with zero attached hydrogens (tertiary/aromatic N) is 2. The third-order valence-electron chi connectivity index (χ3n) is 3.40. The summed E-state index contributed by atoms with van der Waals surface area (Å²) in [7, 11) is 0. The van der Waals surface area contributed by atoms with Crippen LogP contribution >= 0.6 is 11.3 Å². The molecule has 4 nitrogen and oxygen atoms in total.